The van der Waals surface area contributed by atoms with Gasteiger partial charge in [-0.3, -0.25) is 9.69 Å². The summed E-state index contributed by atoms with van der Waals surface area (Å²) in [5, 5.41) is 0. The highest BCUT2D eigenvalue weighted by atomic mass is 16.5. The summed E-state index contributed by atoms with van der Waals surface area (Å²) < 4.78 is 16.7. The van der Waals surface area contributed by atoms with E-state index in [0.717, 1.165) is 43.1 Å². The lowest BCUT2D eigenvalue weighted by Crippen LogP contribution is -2.42. The molecule has 1 heterocycles. The highest BCUT2D eigenvalue weighted by Gasteiger charge is 2.48. The summed E-state index contributed by atoms with van der Waals surface area (Å²) in [7, 11) is 5.47. The molecule has 3 rings (SSSR count). The van der Waals surface area contributed by atoms with Crippen LogP contribution in [0.25, 0.3) is 0 Å². The Morgan fingerprint density at radius 3 is 2.57 bits per heavy atom. The van der Waals surface area contributed by atoms with Gasteiger partial charge in [-0.15, -0.1) is 0 Å². The second-order valence-corrected chi connectivity index (χ2v) is 9.25. The van der Waals surface area contributed by atoms with Crippen molar-refractivity contribution in [3.8, 4) is 11.5 Å². The van der Waals surface area contributed by atoms with E-state index in [1.165, 1.54) is 5.56 Å². The molecule has 1 aliphatic carbocycles. The summed E-state index contributed by atoms with van der Waals surface area (Å²) in [4.78, 5) is 14.7. The number of carbonyl (C=O) groups is 1. The molecular formula is C23H35NO4. The Balaban J connectivity index is 0.00000300. The van der Waals surface area contributed by atoms with Gasteiger partial charge in [-0.2, -0.15) is 0 Å². The van der Waals surface area contributed by atoms with E-state index < -0.39 is 0 Å². The molecule has 0 spiro atoms. The number of ether oxygens (including phenoxy) is 3. The van der Waals surface area contributed by atoms with E-state index in [0.29, 0.717) is 6.42 Å². The largest absolute Gasteiger partial charge is 0.493 e. The Kier molecular flexibility index (Phi) is 5.76. The summed E-state index contributed by atoms with van der Waals surface area (Å²) in [6, 6.07) is 6.45. The van der Waals surface area contributed by atoms with Crippen LogP contribution in [0.5, 0.6) is 11.5 Å². The molecule has 1 aliphatic heterocycles. The van der Waals surface area contributed by atoms with Crippen LogP contribution in [0.1, 0.15) is 53.4 Å². The first-order valence-electron chi connectivity index (χ1n) is 10.0. The lowest BCUT2D eigenvalue weighted by atomic mass is 9.68. The van der Waals surface area contributed by atoms with E-state index in [1.807, 2.05) is 6.07 Å². The van der Waals surface area contributed by atoms with Crippen molar-refractivity contribution in [1.82, 2.24) is 4.90 Å². The minimum atomic E-state index is -0.141. The Hall–Kier alpha value is -2.01. The van der Waals surface area contributed by atoms with Crippen molar-refractivity contribution in [2.45, 2.75) is 57.9 Å². The van der Waals surface area contributed by atoms with Crippen molar-refractivity contribution in [3.05, 3.63) is 35.6 Å². The normalized spacial score (nSPS) is 25.1. The number of hydrogen-bond donors (Lipinski definition) is 0. The number of fused-ring (bicyclic) bond motifs is 1. The van der Waals surface area contributed by atoms with Gasteiger partial charge in [0.15, 0.2) is 11.5 Å². The van der Waals surface area contributed by atoms with Gasteiger partial charge >= 0.3 is 5.97 Å². The van der Waals surface area contributed by atoms with Crippen LogP contribution in [-0.2, 0) is 14.9 Å². The van der Waals surface area contributed by atoms with Crippen LogP contribution in [0.4, 0.5) is 0 Å². The quantitative estimate of drug-likeness (QED) is 0.692. The number of benzene rings is 1. The standard InChI is InChI=1S/C23H33NO4.H2/c1-22(2,3)15-21(25)28-17-9-10-23(11-12-24(4)20(23)14-17)16-7-8-18(26-5)19(13-16)27-6;/h7-8,13-14,20H,9-12,15H2,1-6H3;1H/t20-,23-;/m0./s1. The minimum absolute atomic E-state index is 0. The third-order valence-corrected chi connectivity index (χ3v) is 5.99. The SMILES string of the molecule is COc1ccc([C@@]23CCC(OC(=O)CC(C)(C)C)=C[C@@H]2N(C)CC3)cc1OC.[HH]. The molecule has 1 aromatic rings. The number of hydrogen-bond acceptors (Lipinski definition) is 5. The van der Waals surface area contributed by atoms with E-state index in [2.05, 4.69) is 50.9 Å². The second kappa shape index (κ2) is 7.78. The van der Waals surface area contributed by atoms with Crippen molar-refractivity contribution in [2.75, 3.05) is 27.8 Å². The van der Waals surface area contributed by atoms with E-state index in [-0.39, 0.29) is 24.3 Å². The van der Waals surface area contributed by atoms with Gasteiger partial charge in [0.1, 0.15) is 5.76 Å². The van der Waals surface area contributed by atoms with E-state index in [1.54, 1.807) is 14.2 Å². The Morgan fingerprint density at radius 2 is 1.93 bits per heavy atom. The predicted molar refractivity (Wildman–Crippen MR) is 112 cm³/mol. The van der Waals surface area contributed by atoms with Crippen molar-refractivity contribution >= 4 is 5.97 Å². The number of carbonyl (C=O) groups excluding carboxylic acids is 1. The average molecular weight is 390 g/mol. The summed E-state index contributed by atoms with van der Waals surface area (Å²) in [5.74, 6) is 2.17. The third-order valence-electron chi connectivity index (χ3n) is 5.99. The fraction of sp³-hybridized carbons (Fsp3) is 0.609. The van der Waals surface area contributed by atoms with Crippen molar-refractivity contribution < 1.29 is 20.4 Å². The number of methoxy groups -OCH3 is 2. The van der Waals surface area contributed by atoms with Crippen LogP contribution in [0, 0.1) is 5.41 Å². The second-order valence-electron chi connectivity index (χ2n) is 9.25. The lowest BCUT2D eigenvalue weighted by Gasteiger charge is -2.40. The molecule has 0 N–H and O–H groups in total. The molecule has 0 unspecified atom stereocenters. The highest BCUT2D eigenvalue weighted by molar-refractivity contribution is 5.71. The zero-order chi connectivity index (χ0) is 20.5. The van der Waals surface area contributed by atoms with Crippen LogP contribution in [0.15, 0.2) is 30.0 Å². The maximum atomic E-state index is 12.3. The van der Waals surface area contributed by atoms with Gasteiger partial charge in [0.25, 0.3) is 0 Å². The van der Waals surface area contributed by atoms with Crippen LogP contribution in [0.3, 0.4) is 0 Å². The molecular weight excluding hydrogens is 354 g/mol. The van der Waals surface area contributed by atoms with Crippen LogP contribution in [0.2, 0.25) is 0 Å². The van der Waals surface area contributed by atoms with Gasteiger partial charge < -0.3 is 14.2 Å². The monoisotopic (exact) mass is 389 g/mol. The molecule has 0 bridgehead atoms. The van der Waals surface area contributed by atoms with E-state index in [4.69, 9.17) is 14.2 Å². The molecule has 5 nitrogen and oxygen atoms in total. The smallest absolute Gasteiger partial charge is 0.311 e. The zero-order valence-electron chi connectivity index (χ0n) is 18.0. The van der Waals surface area contributed by atoms with Gasteiger partial charge in [-0.25, -0.2) is 0 Å². The maximum absolute atomic E-state index is 12.3. The molecule has 1 aromatic carbocycles. The molecule has 5 heteroatoms. The van der Waals surface area contributed by atoms with Gasteiger partial charge in [0, 0.05) is 19.3 Å². The Labute approximate surface area is 170 Å². The molecule has 0 radical (unpaired) electrons. The van der Waals surface area contributed by atoms with E-state index >= 15 is 0 Å². The lowest BCUT2D eigenvalue weighted by molar-refractivity contribution is -0.142. The third kappa shape index (κ3) is 4.04. The summed E-state index contributed by atoms with van der Waals surface area (Å²) in [6.07, 6.45) is 5.38. The fourth-order valence-electron chi connectivity index (χ4n) is 4.56. The summed E-state index contributed by atoms with van der Waals surface area (Å²) in [6.45, 7) is 7.17. The van der Waals surface area contributed by atoms with Crippen molar-refractivity contribution in [1.29, 1.82) is 0 Å². The van der Waals surface area contributed by atoms with Gasteiger partial charge in [-0.05, 0) is 55.6 Å². The van der Waals surface area contributed by atoms with Gasteiger partial charge in [-0.1, -0.05) is 26.8 Å². The molecule has 0 saturated carbocycles. The van der Waals surface area contributed by atoms with Crippen molar-refractivity contribution in [2.24, 2.45) is 5.41 Å². The van der Waals surface area contributed by atoms with Gasteiger partial charge in [0.05, 0.1) is 20.6 Å². The molecule has 28 heavy (non-hydrogen) atoms. The Morgan fingerprint density at radius 1 is 1.21 bits per heavy atom. The molecule has 0 aromatic heterocycles. The molecule has 0 amide bonds. The molecule has 1 fully saturated rings. The topological polar surface area (TPSA) is 48.0 Å². The zero-order valence-corrected chi connectivity index (χ0v) is 18.0. The first-order valence-corrected chi connectivity index (χ1v) is 10.0. The minimum Gasteiger partial charge on any atom is -0.493 e. The van der Waals surface area contributed by atoms with E-state index in [9.17, 15) is 4.79 Å². The summed E-state index contributed by atoms with van der Waals surface area (Å²) >= 11 is 0. The predicted octanol–water partition coefficient (Wildman–Crippen LogP) is 4.55. The number of allylic oxidation sites excluding steroid dienone is 1. The highest BCUT2D eigenvalue weighted by Crippen LogP contribution is 2.49. The fourth-order valence-corrected chi connectivity index (χ4v) is 4.56. The average Bonchev–Trinajstić information content (AvgIpc) is 2.97. The molecule has 1 saturated heterocycles. The number of esters is 1. The number of rotatable bonds is 5. The van der Waals surface area contributed by atoms with Crippen molar-refractivity contribution in [3.63, 3.8) is 0 Å². The van der Waals surface area contributed by atoms with Crippen LogP contribution < -0.4 is 9.47 Å². The van der Waals surface area contributed by atoms with Crippen LogP contribution in [-0.4, -0.2) is 44.7 Å². The van der Waals surface area contributed by atoms with Crippen LogP contribution >= 0.6 is 0 Å². The number of likely N-dealkylation sites (tertiary alicyclic amines) is 1. The maximum Gasteiger partial charge on any atom is 0.311 e. The molecule has 2 aliphatic rings. The number of nitrogens with zero attached hydrogens (tertiary/aromatic N) is 1. The first kappa shape index (κ1) is 20.7. The Bertz CT molecular complexity index is 771. The van der Waals surface area contributed by atoms with Gasteiger partial charge in [0.2, 0.25) is 0 Å². The molecule has 156 valence electrons. The molecule has 2 atom stereocenters. The first-order chi connectivity index (χ1) is 13.2. The summed E-state index contributed by atoms with van der Waals surface area (Å²) in [5.41, 5.74) is 1.20. The number of likely N-dealkylation sites (N-methyl/N-ethyl adjacent to an activating group) is 1.